The molecule has 0 aliphatic carbocycles. The molecule has 0 aromatic heterocycles. The Bertz CT molecular complexity index is 441. The van der Waals surface area contributed by atoms with Crippen LogP contribution in [0.5, 0.6) is 0 Å². The lowest BCUT2D eigenvalue weighted by atomic mass is 10.2. The molecule has 1 heterocycles. The molecule has 1 aromatic carbocycles. The van der Waals surface area contributed by atoms with E-state index in [0.717, 1.165) is 26.1 Å². The van der Waals surface area contributed by atoms with Crippen molar-refractivity contribution in [3.05, 3.63) is 35.6 Å². The van der Waals surface area contributed by atoms with Gasteiger partial charge in [-0.05, 0) is 25.1 Å². The van der Waals surface area contributed by atoms with Gasteiger partial charge < -0.3 is 9.80 Å². The third kappa shape index (κ3) is 3.67. The molecule has 19 heavy (non-hydrogen) atoms. The number of hydrogen-bond acceptors (Lipinski definition) is 2. The highest BCUT2D eigenvalue weighted by Gasteiger charge is 2.21. The van der Waals surface area contributed by atoms with Crippen LogP contribution in [-0.4, -0.2) is 54.3 Å². The lowest BCUT2D eigenvalue weighted by Crippen LogP contribution is -2.36. The van der Waals surface area contributed by atoms with E-state index in [2.05, 4.69) is 4.90 Å². The fourth-order valence-corrected chi connectivity index (χ4v) is 2.56. The van der Waals surface area contributed by atoms with Gasteiger partial charge in [0.1, 0.15) is 5.82 Å². The summed E-state index contributed by atoms with van der Waals surface area (Å²) in [6.45, 7) is 3.87. The number of benzene rings is 1. The van der Waals surface area contributed by atoms with Gasteiger partial charge in [-0.2, -0.15) is 0 Å². The Labute approximate surface area is 117 Å². The van der Waals surface area contributed by atoms with Crippen LogP contribution < -0.4 is 0 Å². The molecule has 1 aromatic rings. The van der Waals surface area contributed by atoms with Gasteiger partial charge in [-0.15, -0.1) is 11.6 Å². The molecule has 1 saturated heterocycles. The Morgan fingerprint density at radius 1 is 1.21 bits per heavy atom. The summed E-state index contributed by atoms with van der Waals surface area (Å²) in [5.41, 5.74) is 0.160. The molecule has 5 heteroatoms. The van der Waals surface area contributed by atoms with Gasteiger partial charge in [0.05, 0.1) is 5.56 Å². The number of nitrogens with zero attached hydrogens (tertiary/aromatic N) is 2. The fraction of sp³-hybridized carbons (Fsp3) is 0.500. The largest absolute Gasteiger partial charge is 0.337 e. The van der Waals surface area contributed by atoms with Crippen molar-refractivity contribution < 1.29 is 9.18 Å². The van der Waals surface area contributed by atoms with Crippen LogP contribution in [-0.2, 0) is 0 Å². The zero-order valence-electron chi connectivity index (χ0n) is 10.8. The van der Waals surface area contributed by atoms with Crippen LogP contribution in [0.3, 0.4) is 0 Å². The summed E-state index contributed by atoms with van der Waals surface area (Å²) < 4.78 is 13.6. The zero-order chi connectivity index (χ0) is 13.7. The van der Waals surface area contributed by atoms with Crippen molar-refractivity contribution >= 4 is 17.5 Å². The third-order valence-electron chi connectivity index (χ3n) is 3.38. The molecule has 0 unspecified atom stereocenters. The van der Waals surface area contributed by atoms with Gasteiger partial charge in [-0.1, -0.05) is 12.1 Å². The van der Waals surface area contributed by atoms with Crippen molar-refractivity contribution in [3.63, 3.8) is 0 Å². The molecule has 0 bridgehead atoms. The van der Waals surface area contributed by atoms with E-state index in [4.69, 9.17) is 11.6 Å². The highest BCUT2D eigenvalue weighted by Crippen LogP contribution is 2.12. The van der Waals surface area contributed by atoms with Crippen LogP contribution in [0.1, 0.15) is 16.8 Å². The molecule has 1 aliphatic rings. The van der Waals surface area contributed by atoms with E-state index < -0.39 is 5.82 Å². The van der Waals surface area contributed by atoms with Crippen molar-refractivity contribution in [1.82, 2.24) is 9.80 Å². The normalized spacial score (nSPS) is 17.3. The van der Waals surface area contributed by atoms with Crippen molar-refractivity contribution in [2.24, 2.45) is 0 Å². The minimum Gasteiger partial charge on any atom is -0.337 e. The van der Waals surface area contributed by atoms with Crippen LogP contribution in [0.2, 0.25) is 0 Å². The highest BCUT2D eigenvalue weighted by atomic mass is 35.5. The third-order valence-corrected chi connectivity index (χ3v) is 3.55. The molecule has 0 atom stereocenters. The van der Waals surface area contributed by atoms with Gasteiger partial charge >= 0.3 is 0 Å². The Hall–Kier alpha value is -1.13. The molecule has 1 aliphatic heterocycles. The summed E-state index contributed by atoms with van der Waals surface area (Å²) in [4.78, 5) is 16.2. The van der Waals surface area contributed by atoms with Crippen molar-refractivity contribution in [1.29, 1.82) is 0 Å². The van der Waals surface area contributed by atoms with Gasteiger partial charge in [0.2, 0.25) is 0 Å². The number of rotatable bonds is 3. The second-order valence-corrected chi connectivity index (χ2v) is 5.03. The molecular weight excluding hydrogens is 267 g/mol. The second kappa shape index (κ2) is 6.87. The first-order valence-electron chi connectivity index (χ1n) is 6.54. The van der Waals surface area contributed by atoms with Crippen LogP contribution >= 0.6 is 11.6 Å². The van der Waals surface area contributed by atoms with E-state index in [1.807, 2.05) is 0 Å². The predicted molar refractivity (Wildman–Crippen MR) is 74.1 cm³/mol. The number of amides is 1. The van der Waals surface area contributed by atoms with E-state index >= 15 is 0 Å². The number of hydrogen-bond donors (Lipinski definition) is 0. The average molecular weight is 285 g/mol. The standard InChI is InChI=1S/C14H18ClFN2O/c15-6-9-17-7-3-8-18(11-10-17)14(19)12-4-1-2-5-13(12)16/h1-2,4-5H,3,6-11H2. The molecule has 1 fully saturated rings. The Balaban J connectivity index is 2.02. The zero-order valence-corrected chi connectivity index (χ0v) is 11.6. The van der Waals surface area contributed by atoms with Crippen molar-refractivity contribution in [3.8, 4) is 0 Å². The molecule has 0 N–H and O–H groups in total. The lowest BCUT2D eigenvalue weighted by molar-refractivity contribution is 0.0757. The smallest absolute Gasteiger partial charge is 0.256 e. The summed E-state index contributed by atoms with van der Waals surface area (Å²) in [5.74, 6) is -0.0680. The maximum Gasteiger partial charge on any atom is 0.256 e. The molecule has 3 nitrogen and oxygen atoms in total. The summed E-state index contributed by atoms with van der Waals surface area (Å²) >= 11 is 5.73. The molecule has 0 radical (unpaired) electrons. The van der Waals surface area contributed by atoms with Gasteiger partial charge in [-0.3, -0.25) is 4.79 Å². The number of carbonyl (C=O) groups is 1. The SMILES string of the molecule is O=C(c1ccccc1F)N1CCCN(CCCl)CC1. The van der Waals surface area contributed by atoms with Crippen molar-refractivity contribution in [2.45, 2.75) is 6.42 Å². The first-order valence-corrected chi connectivity index (χ1v) is 7.08. The van der Waals surface area contributed by atoms with Gasteiger partial charge in [0, 0.05) is 32.1 Å². The first kappa shape index (κ1) is 14.3. The minimum absolute atomic E-state index is 0.160. The fourth-order valence-electron chi connectivity index (χ4n) is 2.32. The molecule has 0 saturated carbocycles. The molecule has 0 spiro atoms. The Morgan fingerprint density at radius 3 is 2.74 bits per heavy atom. The maximum atomic E-state index is 13.6. The number of carbonyl (C=O) groups excluding carboxylic acids is 1. The summed E-state index contributed by atoms with van der Waals surface area (Å²) in [6, 6.07) is 6.15. The number of alkyl halides is 1. The van der Waals surface area contributed by atoms with Crippen molar-refractivity contribution in [2.75, 3.05) is 38.6 Å². The summed E-state index contributed by atoms with van der Waals surface area (Å²) in [5, 5.41) is 0. The molecule has 104 valence electrons. The monoisotopic (exact) mass is 284 g/mol. The molecule has 1 amide bonds. The van der Waals surface area contributed by atoms with Gasteiger partial charge in [0.25, 0.3) is 5.91 Å². The Kier molecular flexibility index (Phi) is 5.16. The lowest BCUT2D eigenvalue weighted by Gasteiger charge is -2.21. The number of halogens is 2. The van der Waals surface area contributed by atoms with E-state index in [1.54, 1.807) is 23.1 Å². The van der Waals surface area contributed by atoms with Gasteiger partial charge in [0.15, 0.2) is 0 Å². The van der Waals surface area contributed by atoms with Crippen LogP contribution in [0.4, 0.5) is 4.39 Å². The van der Waals surface area contributed by atoms with Crippen LogP contribution in [0, 0.1) is 5.82 Å². The molecular formula is C14H18ClFN2O. The van der Waals surface area contributed by atoms with E-state index in [1.165, 1.54) is 6.07 Å². The maximum absolute atomic E-state index is 13.6. The minimum atomic E-state index is -0.450. The summed E-state index contributed by atoms with van der Waals surface area (Å²) in [7, 11) is 0. The second-order valence-electron chi connectivity index (χ2n) is 4.66. The molecule has 2 rings (SSSR count). The van der Waals surface area contributed by atoms with Crippen LogP contribution in [0.25, 0.3) is 0 Å². The summed E-state index contributed by atoms with van der Waals surface area (Å²) in [6.07, 6.45) is 0.900. The quantitative estimate of drug-likeness (QED) is 0.795. The first-order chi connectivity index (χ1) is 9.22. The van der Waals surface area contributed by atoms with Crippen LogP contribution in [0.15, 0.2) is 24.3 Å². The van der Waals surface area contributed by atoms with E-state index in [9.17, 15) is 9.18 Å². The van der Waals surface area contributed by atoms with Gasteiger partial charge in [-0.25, -0.2) is 4.39 Å². The highest BCUT2D eigenvalue weighted by molar-refractivity contribution is 6.18. The topological polar surface area (TPSA) is 23.6 Å². The van der Waals surface area contributed by atoms with E-state index in [0.29, 0.717) is 19.0 Å². The predicted octanol–water partition coefficient (Wildman–Crippen LogP) is 2.21. The van der Waals surface area contributed by atoms with E-state index in [-0.39, 0.29) is 11.5 Å². The Morgan fingerprint density at radius 2 is 2.00 bits per heavy atom. The average Bonchev–Trinajstić information content (AvgIpc) is 2.65.